The molecule has 0 spiro atoms. The Bertz CT molecular complexity index is 990. The van der Waals surface area contributed by atoms with Crippen molar-refractivity contribution < 1.29 is 18.0 Å². The zero-order valence-corrected chi connectivity index (χ0v) is 18.1. The molecule has 1 amide bonds. The van der Waals surface area contributed by atoms with E-state index in [4.69, 9.17) is 5.73 Å². The van der Waals surface area contributed by atoms with Crippen LogP contribution >= 0.6 is 0 Å². The molecule has 0 radical (unpaired) electrons. The number of halogens is 3. The molecule has 2 aromatic heterocycles. The van der Waals surface area contributed by atoms with Gasteiger partial charge in [-0.1, -0.05) is 6.92 Å². The number of nitrogens with two attached hydrogens (primary N) is 1. The van der Waals surface area contributed by atoms with Gasteiger partial charge < -0.3 is 10.6 Å². The van der Waals surface area contributed by atoms with Crippen LogP contribution < -0.4 is 5.73 Å². The van der Waals surface area contributed by atoms with Gasteiger partial charge in [0.2, 0.25) is 5.91 Å². The van der Waals surface area contributed by atoms with Gasteiger partial charge in [0.05, 0.1) is 11.3 Å². The predicted octanol–water partition coefficient (Wildman–Crippen LogP) is 4.49. The Labute approximate surface area is 179 Å². The number of rotatable bonds is 5. The highest BCUT2D eigenvalue weighted by Gasteiger charge is 2.58. The number of anilines is 1. The largest absolute Gasteiger partial charge is 0.419 e. The molecule has 9 heteroatoms. The first-order valence-electron chi connectivity index (χ1n) is 10.7. The molecular weight excluding hydrogens is 407 g/mol. The van der Waals surface area contributed by atoms with Crippen LogP contribution in [0.2, 0.25) is 0 Å². The number of fused-ring (bicyclic) bond motifs is 1. The van der Waals surface area contributed by atoms with Gasteiger partial charge in [-0.3, -0.25) is 9.48 Å². The van der Waals surface area contributed by atoms with Crippen LogP contribution in [0.5, 0.6) is 0 Å². The summed E-state index contributed by atoms with van der Waals surface area (Å²) in [5.41, 5.74) is 6.37. The normalized spacial score (nSPS) is 25.9. The monoisotopic (exact) mass is 435 g/mol. The van der Waals surface area contributed by atoms with Crippen molar-refractivity contribution in [2.45, 2.75) is 64.2 Å². The first kappa shape index (κ1) is 21.6. The number of alkyl halides is 3. The highest BCUT2D eigenvalue weighted by atomic mass is 19.4. The fourth-order valence-electron chi connectivity index (χ4n) is 4.99. The van der Waals surface area contributed by atoms with Crippen molar-refractivity contribution >= 4 is 11.7 Å². The Balaban J connectivity index is 1.64. The smallest absolute Gasteiger partial charge is 0.383 e. The molecule has 2 aromatic rings. The van der Waals surface area contributed by atoms with Crippen LogP contribution in [0.4, 0.5) is 19.0 Å². The highest BCUT2D eigenvalue weighted by Crippen LogP contribution is 2.64. The second-order valence-electron chi connectivity index (χ2n) is 8.92. The van der Waals surface area contributed by atoms with Crippen molar-refractivity contribution in [3.8, 4) is 11.3 Å². The summed E-state index contributed by atoms with van der Waals surface area (Å²) in [4.78, 5) is 17.3. The zero-order chi connectivity index (χ0) is 22.7. The summed E-state index contributed by atoms with van der Waals surface area (Å²) >= 11 is 0. The van der Waals surface area contributed by atoms with E-state index in [9.17, 15) is 18.0 Å². The second kappa shape index (κ2) is 7.53. The van der Waals surface area contributed by atoms with Gasteiger partial charge in [0, 0.05) is 49.4 Å². The van der Waals surface area contributed by atoms with E-state index < -0.39 is 17.6 Å². The van der Waals surface area contributed by atoms with Gasteiger partial charge in [-0.15, -0.1) is 0 Å². The summed E-state index contributed by atoms with van der Waals surface area (Å²) in [7, 11) is 1.85. The molecule has 3 unspecified atom stereocenters. The van der Waals surface area contributed by atoms with Crippen LogP contribution in [-0.4, -0.2) is 38.7 Å². The van der Waals surface area contributed by atoms with Crippen LogP contribution in [0, 0.1) is 11.8 Å². The van der Waals surface area contributed by atoms with Crippen LogP contribution in [0.25, 0.3) is 11.3 Å². The lowest BCUT2D eigenvalue weighted by Crippen LogP contribution is -2.34. The maximum Gasteiger partial charge on any atom is 0.419 e. The van der Waals surface area contributed by atoms with E-state index in [-0.39, 0.29) is 18.0 Å². The van der Waals surface area contributed by atoms with Gasteiger partial charge in [-0.25, -0.2) is 4.98 Å². The second-order valence-corrected chi connectivity index (χ2v) is 8.92. The molecule has 0 bridgehead atoms. The molecule has 2 aliphatic carbocycles. The number of nitrogens with zero attached hydrogens (tertiary/aromatic N) is 4. The van der Waals surface area contributed by atoms with Crippen molar-refractivity contribution in [3.63, 3.8) is 0 Å². The first-order valence-corrected chi connectivity index (χ1v) is 10.7. The molecule has 31 heavy (non-hydrogen) atoms. The summed E-state index contributed by atoms with van der Waals surface area (Å²) in [5, 5.41) is 4.68. The molecule has 2 heterocycles. The average molecular weight is 435 g/mol. The van der Waals surface area contributed by atoms with Crippen molar-refractivity contribution in [1.29, 1.82) is 0 Å². The lowest BCUT2D eigenvalue weighted by molar-refractivity contribution is -0.137. The Morgan fingerprint density at radius 1 is 1.32 bits per heavy atom. The third kappa shape index (κ3) is 3.78. The third-order valence-electron chi connectivity index (χ3n) is 7.10. The van der Waals surface area contributed by atoms with E-state index in [1.54, 1.807) is 6.92 Å². The van der Waals surface area contributed by atoms with Gasteiger partial charge in [0.25, 0.3) is 0 Å². The Morgan fingerprint density at radius 3 is 2.52 bits per heavy atom. The molecular formula is C22H28F3N5O. The molecule has 2 aliphatic rings. The van der Waals surface area contributed by atoms with Gasteiger partial charge >= 0.3 is 6.18 Å². The molecule has 4 rings (SSSR count). The van der Waals surface area contributed by atoms with E-state index in [1.807, 2.05) is 22.7 Å². The highest BCUT2D eigenvalue weighted by molar-refractivity contribution is 5.73. The topological polar surface area (TPSA) is 77.0 Å². The molecule has 2 fully saturated rings. The molecule has 0 aromatic carbocycles. The third-order valence-corrected chi connectivity index (χ3v) is 7.10. The summed E-state index contributed by atoms with van der Waals surface area (Å²) in [6, 6.07) is 3.33. The number of hydrogen-bond acceptors (Lipinski definition) is 4. The molecule has 2 N–H and O–H groups in total. The lowest BCUT2D eigenvalue weighted by Gasteiger charge is -2.25. The Morgan fingerprint density at radius 2 is 1.97 bits per heavy atom. The fourth-order valence-corrected chi connectivity index (χ4v) is 4.99. The van der Waals surface area contributed by atoms with Gasteiger partial charge in [-0.2, -0.15) is 18.3 Å². The molecule has 6 nitrogen and oxygen atoms in total. The fraction of sp³-hybridized carbons (Fsp3) is 0.591. The molecule has 0 aliphatic heterocycles. The van der Waals surface area contributed by atoms with Crippen LogP contribution in [0.15, 0.2) is 18.3 Å². The summed E-state index contributed by atoms with van der Waals surface area (Å²) < 4.78 is 41.8. The molecule has 0 saturated heterocycles. The molecule has 168 valence electrons. The van der Waals surface area contributed by atoms with E-state index in [1.165, 1.54) is 6.20 Å². The first-order chi connectivity index (χ1) is 14.5. The van der Waals surface area contributed by atoms with Crippen LogP contribution in [0.3, 0.4) is 0 Å². The molecule has 3 atom stereocenters. The van der Waals surface area contributed by atoms with Crippen molar-refractivity contribution in [1.82, 2.24) is 19.7 Å². The number of nitrogen functional groups attached to an aromatic ring is 1. The minimum atomic E-state index is -4.57. The van der Waals surface area contributed by atoms with Crippen molar-refractivity contribution in [2.24, 2.45) is 11.8 Å². The number of aromatic nitrogens is 3. The zero-order valence-electron chi connectivity index (χ0n) is 18.1. The van der Waals surface area contributed by atoms with Crippen molar-refractivity contribution in [2.75, 3.05) is 12.8 Å². The minimum Gasteiger partial charge on any atom is -0.383 e. The summed E-state index contributed by atoms with van der Waals surface area (Å²) in [6.07, 6.45) is -0.453. The minimum absolute atomic E-state index is 0.0751. The number of carbonyl (C=O) groups excluding carboxylic acids is 1. The van der Waals surface area contributed by atoms with E-state index in [0.717, 1.165) is 31.0 Å². The molecule has 2 saturated carbocycles. The average Bonchev–Trinajstić information content (AvgIpc) is 3.07. The van der Waals surface area contributed by atoms with Crippen LogP contribution in [-0.2, 0) is 11.0 Å². The lowest BCUT2D eigenvalue weighted by atomic mass is 10.0. The maximum atomic E-state index is 13.3. The number of carbonyl (C=O) groups is 1. The SMILES string of the molecule is CCC(C)n1nc(-c2cnc(N)c(C(F)(F)F)c2)cc1C1C2CC(N(C)C(C)=O)CC21. The van der Waals surface area contributed by atoms with Gasteiger partial charge in [0.1, 0.15) is 5.82 Å². The number of hydrogen-bond donors (Lipinski definition) is 1. The number of pyridine rings is 1. The standard InChI is InChI=1S/C22H28F3N5O/c1-5-11(2)30-19(20-15-7-14(8-16(15)20)29(4)12(3)31)9-18(28-30)13-6-17(22(23,24)25)21(26)27-10-13/h6,9-11,14-16,20H,5,7-8H2,1-4H3,(H2,26,27). The van der Waals surface area contributed by atoms with Gasteiger partial charge in [0.15, 0.2) is 0 Å². The van der Waals surface area contributed by atoms with Gasteiger partial charge in [-0.05, 0) is 50.2 Å². The van der Waals surface area contributed by atoms with E-state index in [2.05, 4.69) is 23.9 Å². The summed E-state index contributed by atoms with van der Waals surface area (Å²) in [5.74, 6) is 0.834. The Kier molecular flexibility index (Phi) is 5.26. The summed E-state index contributed by atoms with van der Waals surface area (Å²) in [6.45, 7) is 5.71. The van der Waals surface area contributed by atoms with E-state index in [0.29, 0.717) is 29.0 Å². The van der Waals surface area contributed by atoms with Crippen molar-refractivity contribution in [3.05, 3.63) is 29.6 Å². The maximum absolute atomic E-state index is 13.3. The Hall–Kier alpha value is -2.58. The quantitative estimate of drug-likeness (QED) is 0.751. The van der Waals surface area contributed by atoms with E-state index >= 15 is 0 Å². The number of amides is 1. The predicted molar refractivity (Wildman–Crippen MR) is 111 cm³/mol. The van der Waals surface area contributed by atoms with Crippen LogP contribution in [0.1, 0.15) is 63.3 Å².